The van der Waals surface area contributed by atoms with Crippen LogP contribution in [0.5, 0.6) is 5.75 Å². The predicted molar refractivity (Wildman–Crippen MR) is 78.2 cm³/mol. The van der Waals surface area contributed by atoms with Crippen LogP contribution in [0.3, 0.4) is 0 Å². The summed E-state index contributed by atoms with van der Waals surface area (Å²) in [6, 6.07) is 12.8. The minimum Gasteiger partial charge on any atom is -0.496 e. The monoisotopic (exact) mass is 282 g/mol. The molecule has 0 atom stereocenters. The maximum atomic E-state index is 12.2. The van der Waals surface area contributed by atoms with Crippen LogP contribution in [0.25, 0.3) is 10.9 Å². The molecule has 1 aromatic carbocycles. The Morgan fingerprint density at radius 2 is 2.14 bits per heavy atom. The summed E-state index contributed by atoms with van der Waals surface area (Å²) >= 11 is 0. The first kappa shape index (κ1) is 13.2. The predicted octanol–water partition coefficient (Wildman–Crippen LogP) is 2.77. The first-order valence-electron chi connectivity index (χ1n) is 6.52. The van der Waals surface area contributed by atoms with E-state index in [1.807, 2.05) is 24.3 Å². The van der Waals surface area contributed by atoms with Gasteiger partial charge >= 0.3 is 0 Å². The van der Waals surface area contributed by atoms with Gasteiger partial charge in [0.05, 0.1) is 25.4 Å². The van der Waals surface area contributed by atoms with Crippen LogP contribution in [0.4, 0.5) is 0 Å². The average Bonchev–Trinajstić information content (AvgIpc) is 3.04. The minimum absolute atomic E-state index is 0.268. The van der Waals surface area contributed by atoms with Gasteiger partial charge in [-0.2, -0.15) is 0 Å². The van der Waals surface area contributed by atoms with Gasteiger partial charge in [-0.3, -0.25) is 4.79 Å². The second kappa shape index (κ2) is 5.66. The van der Waals surface area contributed by atoms with Crippen LogP contribution < -0.4 is 10.1 Å². The summed E-state index contributed by atoms with van der Waals surface area (Å²) < 4.78 is 10.5. The maximum absolute atomic E-state index is 12.2. The van der Waals surface area contributed by atoms with E-state index >= 15 is 0 Å². The highest BCUT2D eigenvalue weighted by atomic mass is 16.5. The Balaban J connectivity index is 1.87. The van der Waals surface area contributed by atoms with Gasteiger partial charge in [-0.05, 0) is 24.3 Å². The van der Waals surface area contributed by atoms with E-state index < -0.39 is 0 Å². The molecule has 0 saturated carbocycles. The molecule has 2 heterocycles. The third-order valence-electron chi connectivity index (χ3n) is 3.13. The summed E-state index contributed by atoms with van der Waals surface area (Å²) in [5, 5.41) is 3.64. The van der Waals surface area contributed by atoms with Crippen LogP contribution in [0.1, 0.15) is 16.2 Å². The van der Waals surface area contributed by atoms with Crippen molar-refractivity contribution >= 4 is 16.8 Å². The summed E-state index contributed by atoms with van der Waals surface area (Å²) in [6.45, 7) is 0.322. The quantitative estimate of drug-likeness (QED) is 0.799. The smallest absolute Gasteiger partial charge is 0.270 e. The molecular formula is C16H14N2O3. The molecule has 0 aliphatic heterocycles. The van der Waals surface area contributed by atoms with Crippen molar-refractivity contribution in [3.05, 3.63) is 60.2 Å². The number of hydrogen-bond donors (Lipinski definition) is 1. The molecule has 0 spiro atoms. The molecule has 0 radical (unpaired) electrons. The highest BCUT2D eigenvalue weighted by Gasteiger charge is 2.12. The molecule has 1 amide bonds. The second-order valence-electron chi connectivity index (χ2n) is 4.49. The van der Waals surface area contributed by atoms with Crippen molar-refractivity contribution in [2.24, 2.45) is 0 Å². The maximum Gasteiger partial charge on any atom is 0.270 e. The minimum atomic E-state index is -0.268. The molecular weight excluding hydrogens is 268 g/mol. The van der Waals surface area contributed by atoms with Gasteiger partial charge in [0.1, 0.15) is 17.2 Å². The Morgan fingerprint density at radius 3 is 2.90 bits per heavy atom. The van der Waals surface area contributed by atoms with E-state index in [2.05, 4.69) is 10.3 Å². The standard InChI is InChI=1S/C16H14N2O3/c1-20-15-9-14(18-13-7-3-2-6-12(13)15)16(19)17-10-11-5-4-8-21-11/h2-9H,10H2,1H3,(H,17,19). The van der Waals surface area contributed by atoms with E-state index in [9.17, 15) is 4.79 Å². The number of ether oxygens (including phenoxy) is 1. The average molecular weight is 282 g/mol. The molecule has 0 aliphatic carbocycles. The largest absolute Gasteiger partial charge is 0.496 e. The number of rotatable bonds is 4. The zero-order valence-electron chi connectivity index (χ0n) is 11.5. The SMILES string of the molecule is COc1cc(C(=O)NCc2ccco2)nc2ccccc12. The Bertz CT molecular complexity index is 766. The van der Waals surface area contributed by atoms with Crippen molar-refractivity contribution < 1.29 is 13.9 Å². The van der Waals surface area contributed by atoms with Crippen LogP contribution in [0.15, 0.2) is 53.1 Å². The van der Waals surface area contributed by atoms with Crippen molar-refractivity contribution in [1.82, 2.24) is 10.3 Å². The zero-order chi connectivity index (χ0) is 14.7. The number of benzene rings is 1. The number of methoxy groups -OCH3 is 1. The molecule has 21 heavy (non-hydrogen) atoms. The van der Waals surface area contributed by atoms with E-state index in [1.54, 1.807) is 31.6 Å². The van der Waals surface area contributed by atoms with Crippen LogP contribution in [0.2, 0.25) is 0 Å². The third kappa shape index (κ3) is 2.72. The topological polar surface area (TPSA) is 64.4 Å². The summed E-state index contributed by atoms with van der Waals surface area (Å²) in [5.74, 6) is 1.05. The first-order valence-corrected chi connectivity index (χ1v) is 6.52. The van der Waals surface area contributed by atoms with Crippen LogP contribution in [0, 0.1) is 0 Å². The van der Waals surface area contributed by atoms with Gasteiger partial charge in [-0.25, -0.2) is 4.98 Å². The number of para-hydroxylation sites is 1. The van der Waals surface area contributed by atoms with Gasteiger partial charge in [0.25, 0.3) is 5.91 Å². The molecule has 3 rings (SSSR count). The number of fused-ring (bicyclic) bond motifs is 1. The van der Waals surface area contributed by atoms with Crippen molar-refractivity contribution in [2.75, 3.05) is 7.11 Å². The van der Waals surface area contributed by atoms with Crippen molar-refractivity contribution in [2.45, 2.75) is 6.54 Å². The van der Waals surface area contributed by atoms with Crippen LogP contribution in [-0.4, -0.2) is 18.0 Å². The Morgan fingerprint density at radius 1 is 1.29 bits per heavy atom. The van der Waals surface area contributed by atoms with Gasteiger partial charge in [-0.1, -0.05) is 12.1 Å². The third-order valence-corrected chi connectivity index (χ3v) is 3.13. The lowest BCUT2D eigenvalue weighted by atomic mass is 10.1. The van der Waals surface area contributed by atoms with E-state index in [-0.39, 0.29) is 5.91 Å². The van der Waals surface area contributed by atoms with Crippen molar-refractivity contribution in [1.29, 1.82) is 0 Å². The second-order valence-corrected chi connectivity index (χ2v) is 4.49. The zero-order valence-corrected chi connectivity index (χ0v) is 11.5. The number of carbonyl (C=O) groups excluding carboxylic acids is 1. The lowest BCUT2D eigenvalue weighted by Crippen LogP contribution is -2.23. The number of hydrogen-bond acceptors (Lipinski definition) is 4. The number of amides is 1. The van der Waals surface area contributed by atoms with Gasteiger partial charge in [0.2, 0.25) is 0 Å². The van der Waals surface area contributed by atoms with Crippen molar-refractivity contribution in [3.8, 4) is 5.75 Å². The Hall–Kier alpha value is -2.82. The molecule has 0 unspecified atom stereocenters. The fraction of sp³-hybridized carbons (Fsp3) is 0.125. The molecule has 0 fully saturated rings. The number of furan rings is 1. The molecule has 0 bridgehead atoms. The van der Waals surface area contributed by atoms with E-state index in [0.717, 1.165) is 10.9 Å². The molecule has 5 heteroatoms. The summed E-state index contributed by atoms with van der Waals surface area (Å²) in [6.07, 6.45) is 1.57. The molecule has 2 aromatic heterocycles. The molecule has 3 aromatic rings. The Labute approximate surface area is 121 Å². The molecule has 5 nitrogen and oxygen atoms in total. The fourth-order valence-corrected chi connectivity index (χ4v) is 2.10. The number of nitrogens with one attached hydrogen (secondary N) is 1. The number of pyridine rings is 1. The molecule has 0 aliphatic rings. The summed E-state index contributed by atoms with van der Waals surface area (Å²) in [5.41, 5.74) is 1.04. The fourth-order valence-electron chi connectivity index (χ4n) is 2.10. The molecule has 106 valence electrons. The van der Waals surface area contributed by atoms with E-state index in [1.165, 1.54) is 0 Å². The van der Waals surface area contributed by atoms with Gasteiger partial charge in [0.15, 0.2) is 0 Å². The number of nitrogens with zero attached hydrogens (tertiary/aromatic N) is 1. The van der Waals surface area contributed by atoms with Crippen LogP contribution >= 0.6 is 0 Å². The van der Waals surface area contributed by atoms with E-state index in [0.29, 0.717) is 23.7 Å². The normalized spacial score (nSPS) is 10.5. The number of carbonyl (C=O) groups is 1. The highest BCUT2D eigenvalue weighted by molar-refractivity contribution is 5.96. The highest BCUT2D eigenvalue weighted by Crippen LogP contribution is 2.24. The van der Waals surface area contributed by atoms with Crippen LogP contribution in [-0.2, 0) is 6.54 Å². The van der Waals surface area contributed by atoms with Gasteiger partial charge < -0.3 is 14.5 Å². The summed E-state index contributed by atoms with van der Waals surface area (Å²) in [4.78, 5) is 16.5. The Kier molecular flexibility index (Phi) is 3.55. The summed E-state index contributed by atoms with van der Waals surface area (Å²) in [7, 11) is 1.58. The first-order chi connectivity index (χ1) is 10.3. The lowest BCUT2D eigenvalue weighted by Gasteiger charge is -2.08. The van der Waals surface area contributed by atoms with Gasteiger partial charge in [0, 0.05) is 11.5 Å². The van der Waals surface area contributed by atoms with E-state index in [4.69, 9.17) is 9.15 Å². The lowest BCUT2D eigenvalue weighted by molar-refractivity contribution is 0.0943. The van der Waals surface area contributed by atoms with Crippen molar-refractivity contribution in [3.63, 3.8) is 0 Å². The number of aromatic nitrogens is 1. The van der Waals surface area contributed by atoms with Gasteiger partial charge in [-0.15, -0.1) is 0 Å². The molecule has 0 saturated heterocycles. The molecule has 1 N–H and O–H groups in total.